The number of nitrogens with one attached hydrogen (secondary N) is 1. The molecule has 0 radical (unpaired) electrons. The highest BCUT2D eigenvalue weighted by Gasteiger charge is 2.32. The van der Waals surface area contributed by atoms with Gasteiger partial charge in [-0.05, 0) is 66.8 Å². The standard InChI is InChI=1S/C32H37Cl2N3O4S/c1-42(40,41)37(29-18-16-26(33)17-19-29)20-8-15-31(38)36(23-25-11-7-12-27(34)21-25)30(22-24-9-3-2-4-10-24)32(39)35-28-13-5-6-14-28/h2-4,7,9-12,16-19,21,28,30H,5-6,8,13-15,20,22-23H2,1H3,(H,35,39)/t30-/m0/s1. The van der Waals surface area contributed by atoms with E-state index in [2.05, 4.69) is 5.32 Å². The van der Waals surface area contributed by atoms with Crippen molar-refractivity contribution >= 4 is 50.7 Å². The molecular formula is C32H37Cl2N3O4S. The number of hydrogen-bond acceptors (Lipinski definition) is 4. The molecule has 7 nitrogen and oxygen atoms in total. The number of rotatable bonds is 13. The molecule has 0 unspecified atom stereocenters. The Morgan fingerprint density at radius 1 is 0.905 bits per heavy atom. The number of hydrogen-bond donors (Lipinski definition) is 1. The molecule has 0 heterocycles. The van der Waals surface area contributed by atoms with E-state index in [4.69, 9.17) is 23.2 Å². The lowest BCUT2D eigenvalue weighted by atomic mass is 10.0. The van der Waals surface area contributed by atoms with Crippen molar-refractivity contribution in [2.75, 3.05) is 17.1 Å². The molecule has 1 saturated carbocycles. The van der Waals surface area contributed by atoms with Gasteiger partial charge >= 0.3 is 0 Å². The van der Waals surface area contributed by atoms with Gasteiger partial charge in [0, 0.05) is 42.0 Å². The van der Waals surface area contributed by atoms with Crippen molar-refractivity contribution in [2.45, 2.75) is 63.6 Å². The summed E-state index contributed by atoms with van der Waals surface area (Å²) in [4.78, 5) is 29.4. The van der Waals surface area contributed by atoms with Gasteiger partial charge in [0.05, 0.1) is 11.9 Å². The smallest absolute Gasteiger partial charge is 0.243 e. The number of halogens is 2. The van der Waals surface area contributed by atoms with Crippen molar-refractivity contribution in [3.05, 3.63) is 100 Å². The summed E-state index contributed by atoms with van der Waals surface area (Å²) in [6, 6.07) is 22.8. The number of carbonyl (C=O) groups excluding carboxylic acids is 2. The fourth-order valence-electron chi connectivity index (χ4n) is 5.36. The predicted molar refractivity (Wildman–Crippen MR) is 169 cm³/mol. The Labute approximate surface area is 258 Å². The summed E-state index contributed by atoms with van der Waals surface area (Å²) in [6.45, 7) is 0.302. The van der Waals surface area contributed by atoms with Crippen LogP contribution in [0, 0.1) is 0 Å². The lowest BCUT2D eigenvalue weighted by Gasteiger charge is -2.33. The van der Waals surface area contributed by atoms with Crippen LogP contribution in [0.2, 0.25) is 10.0 Å². The van der Waals surface area contributed by atoms with Crippen molar-refractivity contribution in [1.29, 1.82) is 0 Å². The summed E-state index contributed by atoms with van der Waals surface area (Å²) in [5.41, 5.74) is 2.23. The summed E-state index contributed by atoms with van der Waals surface area (Å²) in [5, 5.41) is 4.24. The molecule has 1 atom stereocenters. The second-order valence-corrected chi connectivity index (χ2v) is 13.5. The Morgan fingerprint density at radius 2 is 1.57 bits per heavy atom. The van der Waals surface area contributed by atoms with Crippen LogP contribution in [-0.2, 0) is 32.6 Å². The van der Waals surface area contributed by atoms with Crippen molar-refractivity contribution in [2.24, 2.45) is 0 Å². The quantitative estimate of drug-likeness (QED) is 0.242. The first-order valence-corrected chi connectivity index (χ1v) is 16.8. The van der Waals surface area contributed by atoms with Gasteiger partial charge in [0.25, 0.3) is 0 Å². The lowest BCUT2D eigenvalue weighted by molar-refractivity contribution is -0.141. The SMILES string of the molecule is CS(=O)(=O)N(CCCC(=O)N(Cc1cccc(Cl)c1)[C@@H](Cc1ccccc1)C(=O)NC1CCCC1)c1ccc(Cl)cc1. The van der Waals surface area contributed by atoms with Crippen LogP contribution in [0.5, 0.6) is 0 Å². The molecule has 2 amide bonds. The highest BCUT2D eigenvalue weighted by molar-refractivity contribution is 7.92. The van der Waals surface area contributed by atoms with E-state index in [-0.39, 0.29) is 43.8 Å². The third-order valence-corrected chi connectivity index (χ3v) is 9.16. The minimum atomic E-state index is -3.60. The first-order valence-electron chi connectivity index (χ1n) is 14.2. The molecule has 3 aromatic carbocycles. The zero-order chi connectivity index (χ0) is 30.1. The number of sulfonamides is 1. The molecule has 42 heavy (non-hydrogen) atoms. The van der Waals surface area contributed by atoms with Crippen molar-refractivity contribution in [3.8, 4) is 0 Å². The minimum absolute atomic E-state index is 0.0577. The molecule has 3 aromatic rings. The number of amides is 2. The topological polar surface area (TPSA) is 86.8 Å². The lowest BCUT2D eigenvalue weighted by Crippen LogP contribution is -2.52. The van der Waals surface area contributed by atoms with E-state index >= 15 is 0 Å². The fourth-order valence-corrected chi connectivity index (χ4v) is 6.67. The Morgan fingerprint density at radius 3 is 2.21 bits per heavy atom. The van der Waals surface area contributed by atoms with Gasteiger partial charge in [-0.15, -0.1) is 0 Å². The summed E-state index contributed by atoms with van der Waals surface area (Å²) in [6.07, 6.45) is 5.82. The van der Waals surface area contributed by atoms with Crippen molar-refractivity contribution in [1.82, 2.24) is 10.2 Å². The molecule has 4 rings (SSSR count). The number of nitrogens with zero attached hydrogens (tertiary/aromatic N) is 2. The van der Waals surface area contributed by atoms with E-state index in [1.54, 1.807) is 41.3 Å². The zero-order valence-corrected chi connectivity index (χ0v) is 26.0. The fraction of sp³-hybridized carbons (Fsp3) is 0.375. The second-order valence-electron chi connectivity index (χ2n) is 10.8. The molecule has 0 bridgehead atoms. The number of anilines is 1. The molecule has 224 valence electrons. The maximum absolute atomic E-state index is 13.9. The maximum atomic E-state index is 13.9. The van der Waals surface area contributed by atoms with Gasteiger partial charge in [0.2, 0.25) is 21.8 Å². The van der Waals surface area contributed by atoms with Crippen molar-refractivity contribution in [3.63, 3.8) is 0 Å². The van der Waals surface area contributed by atoms with Crippen LogP contribution in [0.1, 0.15) is 49.7 Å². The van der Waals surface area contributed by atoms with Gasteiger partial charge in [-0.1, -0.05) is 78.5 Å². The van der Waals surface area contributed by atoms with E-state index < -0.39 is 16.1 Å². The van der Waals surface area contributed by atoms with Gasteiger partial charge in [0.1, 0.15) is 6.04 Å². The third kappa shape index (κ3) is 9.21. The third-order valence-electron chi connectivity index (χ3n) is 7.48. The molecule has 1 N–H and O–H groups in total. The Bertz CT molecular complexity index is 1450. The van der Waals surface area contributed by atoms with Crippen LogP contribution in [0.3, 0.4) is 0 Å². The minimum Gasteiger partial charge on any atom is -0.352 e. The molecular weight excluding hydrogens is 593 g/mol. The molecule has 1 aliphatic rings. The molecule has 1 aliphatic carbocycles. The number of carbonyl (C=O) groups is 2. The van der Waals surface area contributed by atoms with Crippen molar-refractivity contribution < 1.29 is 18.0 Å². The number of benzene rings is 3. The molecule has 10 heteroatoms. The average Bonchev–Trinajstić information content (AvgIpc) is 3.46. The summed E-state index contributed by atoms with van der Waals surface area (Å²) < 4.78 is 26.5. The predicted octanol–water partition coefficient (Wildman–Crippen LogP) is 6.24. The van der Waals surface area contributed by atoms with E-state index in [9.17, 15) is 18.0 Å². The Balaban J connectivity index is 1.58. The van der Waals surface area contributed by atoms with Gasteiger partial charge in [0.15, 0.2) is 0 Å². The van der Waals surface area contributed by atoms with E-state index in [1.165, 1.54) is 4.31 Å². The van der Waals surface area contributed by atoms with Crippen LogP contribution in [0.15, 0.2) is 78.9 Å². The first-order chi connectivity index (χ1) is 20.1. The van der Waals surface area contributed by atoms with E-state index in [1.807, 2.05) is 42.5 Å². The summed E-state index contributed by atoms with van der Waals surface area (Å²) in [5.74, 6) is -0.415. The van der Waals surface area contributed by atoms with Crippen LogP contribution in [0.4, 0.5) is 5.69 Å². The van der Waals surface area contributed by atoms with Crippen LogP contribution >= 0.6 is 23.2 Å². The zero-order valence-electron chi connectivity index (χ0n) is 23.7. The molecule has 0 saturated heterocycles. The van der Waals surface area contributed by atoms with E-state index in [0.717, 1.165) is 43.1 Å². The van der Waals surface area contributed by atoms with Crippen LogP contribution in [0.25, 0.3) is 0 Å². The van der Waals surface area contributed by atoms with Gasteiger partial charge < -0.3 is 10.2 Å². The van der Waals surface area contributed by atoms with Crippen LogP contribution < -0.4 is 9.62 Å². The summed E-state index contributed by atoms with van der Waals surface area (Å²) in [7, 11) is -3.60. The first kappa shape index (κ1) is 31.9. The highest BCUT2D eigenvalue weighted by Crippen LogP contribution is 2.23. The summed E-state index contributed by atoms with van der Waals surface area (Å²) >= 11 is 12.3. The molecule has 0 spiro atoms. The molecule has 1 fully saturated rings. The van der Waals surface area contributed by atoms with Gasteiger partial charge in [-0.2, -0.15) is 0 Å². The average molecular weight is 631 g/mol. The second kappa shape index (κ2) is 14.9. The Kier molecular flexibility index (Phi) is 11.3. The maximum Gasteiger partial charge on any atom is 0.243 e. The monoisotopic (exact) mass is 629 g/mol. The van der Waals surface area contributed by atoms with Gasteiger partial charge in [-0.25, -0.2) is 8.42 Å². The largest absolute Gasteiger partial charge is 0.352 e. The molecule has 0 aromatic heterocycles. The Hall–Kier alpha value is -3.07. The normalized spacial score (nSPS) is 14.4. The van der Waals surface area contributed by atoms with E-state index in [0.29, 0.717) is 22.2 Å². The van der Waals surface area contributed by atoms with Gasteiger partial charge in [-0.3, -0.25) is 13.9 Å². The molecule has 0 aliphatic heterocycles. The van der Waals surface area contributed by atoms with Crippen LogP contribution in [-0.4, -0.2) is 50.0 Å². The highest BCUT2D eigenvalue weighted by atomic mass is 35.5.